The van der Waals surface area contributed by atoms with Crippen molar-refractivity contribution < 1.29 is 9.15 Å². The molecule has 5 heteroatoms. The molecule has 1 unspecified atom stereocenters. The van der Waals surface area contributed by atoms with Gasteiger partial charge in [-0.2, -0.15) is 0 Å². The normalized spacial score (nSPS) is 12.5. The standard InChI is InChI=1S/C24H27Cl2NO2/c1-17(24-5-4-11-29-24)13-18-6-7-19(20-8-9-22(25)23(26)15-20)14-21(18)16-28-12-10-27(2)3/h4-9,11,14-15,17H,10,12-13,16H2,1-3H3. The van der Waals surface area contributed by atoms with E-state index in [4.69, 9.17) is 32.4 Å². The van der Waals surface area contributed by atoms with Gasteiger partial charge in [-0.25, -0.2) is 0 Å². The van der Waals surface area contributed by atoms with Gasteiger partial charge in [0.05, 0.1) is 29.5 Å². The minimum atomic E-state index is 0.293. The molecule has 1 atom stereocenters. The van der Waals surface area contributed by atoms with Crippen LogP contribution in [-0.2, 0) is 17.8 Å². The molecule has 0 aliphatic rings. The Balaban J connectivity index is 1.84. The minimum Gasteiger partial charge on any atom is -0.469 e. The molecule has 0 fully saturated rings. The van der Waals surface area contributed by atoms with Crippen LogP contribution < -0.4 is 0 Å². The molecule has 0 saturated carbocycles. The number of rotatable bonds is 9. The largest absolute Gasteiger partial charge is 0.469 e. The summed E-state index contributed by atoms with van der Waals surface area (Å²) in [6.45, 7) is 4.34. The quantitative estimate of drug-likeness (QED) is 0.353. The van der Waals surface area contributed by atoms with Crippen LogP contribution in [0.2, 0.25) is 10.0 Å². The Morgan fingerprint density at radius 1 is 0.966 bits per heavy atom. The van der Waals surface area contributed by atoms with Crippen molar-refractivity contribution >= 4 is 23.2 Å². The van der Waals surface area contributed by atoms with Gasteiger partial charge in [0.1, 0.15) is 5.76 Å². The second kappa shape index (κ2) is 10.3. The van der Waals surface area contributed by atoms with Gasteiger partial charge in [-0.15, -0.1) is 0 Å². The maximum Gasteiger partial charge on any atom is 0.106 e. The van der Waals surface area contributed by atoms with E-state index in [2.05, 4.69) is 30.0 Å². The molecule has 0 N–H and O–H groups in total. The summed E-state index contributed by atoms with van der Waals surface area (Å²) in [6.07, 6.45) is 2.62. The topological polar surface area (TPSA) is 25.6 Å². The Bertz CT molecular complexity index is 923. The lowest BCUT2D eigenvalue weighted by Gasteiger charge is -2.16. The molecule has 3 rings (SSSR count). The first-order valence-electron chi connectivity index (χ1n) is 9.77. The molecule has 0 bridgehead atoms. The molecule has 0 aliphatic carbocycles. The van der Waals surface area contributed by atoms with E-state index in [1.165, 1.54) is 11.1 Å². The van der Waals surface area contributed by atoms with Gasteiger partial charge in [-0.1, -0.05) is 48.3 Å². The lowest BCUT2D eigenvalue weighted by molar-refractivity contribution is 0.105. The molecule has 0 amide bonds. The fourth-order valence-corrected chi connectivity index (χ4v) is 3.54. The number of furan rings is 1. The fourth-order valence-electron chi connectivity index (χ4n) is 3.25. The van der Waals surface area contributed by atoms with Crippen LogP contribution >= 0.6 is 23.2 Å². The SMILES string of the molecule is CC(Cc1ccc(-c2ccc(Cl)c(Cl)c2)cc1COCCN(C)C)c1ccco1. The first-order chi connectivity index (χ1) is 13.9. The van der Waals surface area contributed by atoms with Crippen LogP contribution in [0.15, 0.2) is 59.2 Å². The van der Waals surface area contributed by atoms with Crippen molar-refractivity contribution in [3.63, 3.8) is 0 Å². The Hall–Kier alpha value is -1.78. The second-order valence-corrected chi connectivity index (χ2v) is 8.40. The summed E-state index contributed by atoms with van der Waals surface area (Å²) in [6, 6.07) is 16.2. The van der Waals surface area contributed by atoms with E-state index in [1.807, 2.05) is 44.4 Å². The van der Waals surface area contributed by atoms with Gasteiger partial charge in [-0.05, 0) is 73.1 Å². The Morgan fingerprint density at radius 2 is 1.72 bits per heavy atom. The van der Waals surface area contributed by atoms with Gasteiger partial charge in [0.15, 0.2) is 0 Å². The van der Waals surface area contributed by atoms with Gasteiger partial charge in [0.2, 0.25) is 0 Å². The molecule has 0 radical (unpaired) electrons. The average Bonchev–Trinajstić information content (AvgIpc) is 3.23. The molecule has 0 spiro atoms. The van der Waals surface area contributed by atoms with E-state index < -0.39 is 0 Å². The molecular weight excluding hydrogens is 405 g/mol. The van der Waals surface area contributed by atoms with Gasteiger partial charge in [-0.3, -0.25) is 0 Å². The zero-order chi connectivity index (χ0) is 20.8. The summed E-state index contributed by atoms with van der Waals surface area (Å²) in [7, 11) is 4.09. The van der Waals surface area contributed by atoms with Crippen molar-refractivity contribution in [3.8, 4) is 11.1 Å². The monoisotopic (exact) mass is 431 g/mol. The van der Waals surface area contributed by atoms with Crippen LogP contribution in [0.3, 0.4) is 0 Å². The molecule has 3 aromatic rings. The number of benzene rings is 2. The first kappa shape index (κ1) is 21.9. The highest BCUT2D eigenvalue weighted by Gasteiger charge is 2.14. The van der Waals surface area contributed by atoms with Gasteiger partial charge < -0.3 is 14.1 Å². The predicted octanol–water partition coefficient (Wildman–Crippen LogP) is 6.68. The molecule has 3 nitrogen and oxygen atoms in total. The highest BCUT2D eigenvalue weighted by Crippen LogP contribution is 2.31. The predicted molar refractivity (Wildman–Crippen MR) is 121 cm³/mol. The summed E-state index contributed by atoms with van der Waals surface area (Å²) in [5, 5.41) is 1.12. The van der Waals surface area contributed by atoms with E-state index in [0.717, 1.165) is 29.9 Å². The summed E-state index contributed by atoms with van der Waals surface area (Å²) < 4.78 is 11.6. The van der Waals surface area contributed by atoms with E-state index in [0.29, 0.717) is 29.2 Å². The highest BCUT2D eigenvalue weighted by atomic mass is 35.5. The molecule has 1 heterocycles. The van der Waals surface area contributed by atoms with Crippen LogP contribution in [0.4, 0.5) is 0 Å². The maximum atomic E-state index is 6.22. The Morgan fingerprint density at radius 3 is 2.41 bits per heavy atom. The lowest BCUT2D eigenvalue weighted by Crippen LogP contribution is -2.18. The number of halogens is 2. The third-order valence-corrected chi connectivity index (χ3v) is 5.69. The van der Waals surface area contributed by atoms with Crippen molar-refractivity contribution in [1.29, 1.82) is 0 Å². The number of likely N-dealkylation sites (N-methyl/N-ethyl adjacent to an activating group) is 1. The van der Waals surface area contributed by atoms with Crippen molar-refractivity contribution in [2.24, 2.45) is 0 Å². The van der Waals surface area contributed by atoms with Crippen LogP contribution in [0, 0.1) is 0 Å². The lowest BCUT2D eigenvalue weighted by atomic mass is 9.92. The first-order valence-corrected chi connectivity index (χ1v) is 10.5. The van der Waals surface area contributed by atoms with Gasteiger partial charge in [0, 0.05) is 12.5 Å². The number of hydrogen-bond acceptors (Lipinski definition) is 3. The van der Waals surface area contributed by atoms with E-state index in [1.54, 1.807) is 6.26 Å². The van der Waals surface area contributed by atoms with Gasteiger partial charge in [0.25, 0.3) is 0 Å². The summed E-state index contributed by atoms with van der Waals surface area (Å²) in [5.41, 5.74) is 4.59. The van der Waals surface area contributed by atoms with E-state index >= 15 is 0 Å². The highest BCUT2D eigenvalue weighted by molar-refractivity contribution is 6.42. The van der Waals surface area contributed by atoms with Crippen molar-refractivity contribution in [3.05, 3.63) is 81.7 Å². The Labute approximate surface area is 183 Å². The van der Waals surface area contributed by atoms with Crippen LogP contribution in [-0.4, -0.2) is 32.1 Å². The smallest absolute Gasteiger partial charge is 0.106 e. The zero-order valence-electron chi connectivity index (χ0n) is 17.1. The van der Waals surface area contributed by atoms with E-state index in [-0.39, 0.29) is 0 Å². The minimum absolute atomic E-state index is 0.293. The fraction of sp³-hybridized carbons (Fsp3) is 0.333. The van der Waals surface area contributed by atoms with Crippen molar-refractivity contribution in [1.82, 2.24) is 4.90 Å². The molecule has 0 aliphatic heterocycles. The number of hydrogen-bond donors (Lipinski definition) is 0. The molecule has 0 saturated heterocycles. The summed E-state index contributed by atoms with van der Waals surface area (Å²) in [4.78, 5) is 2.12. The third kappa shape index (κ3) is 6.10. The average molecular weight is 432 g/mol. The van der Waals surface area contributed by atoms with Crippen LogP contribution in [0.5, 0.6) is 0 Å². The summed E-state index contributed by atoms with van der Waals surface area (Å²) >= 11 is 12.3. The van der Waals surface area contributed by atoms with Crippen molar-refractivity contribution in [2.75, 3.05) is 27.2 Å². The van der Waals surface area contributed by atoms with Crippen LogP contribution in [0.1, 0.15) is 29.7 Å². The second-order valence-electron chi connectivity index (χ2n) is 7.59. The third-order valence-electron chi connectivity index (χ3n) is 4.95. The number of nitrogens with zero attached hydrogens (tertiary/aromatic N) is 1. The molecule has 1 aromatic heterocycles. The molecule has 2 aromatic carbocycles. The van der Waals surface area contributed by atoms with Crippen molar-refractivity contribution in [2.45, 2.75) is 25.9 Å². The van der Waals surface area contributed by atoms with Gasteiger partial charge >= 0.3 is 0 Å². The molecular formula is C24H27Cl2NO2. The summed E-state index contributed by atoms with van der Waals surface area (Å²) in [5.74, 6) is 1.29. The Kier molecular flexibility index (Phi) is 7.79. The van der Waals surface area contributed by atoms with E-state index in [9.17, 15) is 0 Å². The van der Waals surface area contributed by atoms with Crippen LogP contribution in [0.25, 0.3) is 11.1 Å². The zero-order valence-corrected chi connectivity index (χ0v) is 18.6. The maximum absolute atomic E-state index is 6.22. The molecule has 29 heavy (non-hydrogen) atoms. The number of ether oxygens (including phenoxy) is 1. The molecule has 154 valence electrons.